The van der Waals surface area contributed by atoms with Crippen LogP contribution >= 0.6 is 11.8 Å². The molecule has 0 unspecified atom stereocenters. The molecule has 6 heteroatoms. The molecule has 0 aromatic heterocycles. The van der Waals surface area contributed by atoms with Crippen molar-refractivity contribution in [2.75, 3.05) is 18.5 Å². The molecule has 0 radical (unpaired) electrons. The van der Waals surface area contributed by atoms with Crippen molar-refractivity contribution in [3.05, 3.63) is 35.4 Å². The van der Waals surface area contributed by atoms with Gasteiger partial charge in [-0.3, -0.25) is 0 Å². The summed E-state index contributed by atoms with van der Waals surface area (Å²) in [6.07, 6.45) is 1.72. The molecular weight excluding hydrogens is 394 g/mol. The Morgan fingerprint density at radius 3 is 2.07 bits per heavy atom. The van der Waals surface area contributed by atoms with Crippen molar-refractivity contribution in [1.82, 2.24) is 0 Å². The third kappa shape index (κ3) is 4.66. The van der Waals surface area contributed by atoms with Gasteiger partial charge in [-0.15, -0.1) is 0 Å². The van der Waals surface area contributed by atoms with Crippen molar-refractivity contribution >= 4 is 23.1 Å². The quantitative estimate of drug-likeness (QED) is 0.448. The van der Waals surface area contributed by atoms with Crippen LogP contribution in [0.2, 0.25) is 0 Å². The maximum Gasteiger partial charge on any atom is 0.163 e. The summed E-state index contributed by atoms with van der Waals surface area (Å²) in [5, 5.41) is 23.2. The SMILES string of the molecule is CC(C)CCOc1c(C#N)c(C#N)c(OCCC(C)C)c2c1Nc1ccccc1S2. The van der Waals surface area contributed by atoms with E-state index in [1.807, 2.05) is 24.3 Å². The van der Waals surface area contributed by atoms with Gasteiger partial charge in [-0.2, -0.15) is 10.5 Å². The fourth-order valence-electron chi connectivity index (χ4n) is 3.09. The summed E-state index contributed by atoms with van der Waals surface area (Å²) in [6.45, 7) is 9.47. The van der Waals surface area contributed by atoms with Gasteiger partial charge in [0.25, 0.3) is 0 Å². The second-order valence-corrected chi connectivity index (χ2v) is 9.17. The van der Waals surface area contributed by atoms with Crippen molar-refractivity contribution < 1.29 is 9.47 Å². The Bertz CT molecular complexity index is 923. The molecule has 0 fully saturated rings. The van der Waals surface area contributed by atoms with E-state index in [0.29, 0.717) is 42.2 Å². The average molecular weight is 422 g/mol. The number of nitrogens with one attached hydrogen (secondary N) is 1. The molecule has 2 aromatic rings. The molecule has 0 aliphatic carbocycles. The summed E-state index contributed by atoms with van der Waals surface area (Å²) < 4.78 is 12.2. The van der Waals surface area contributed by atoms with Gasteiger partial charge in [-0.1, -0.05) is 51.6 Å². The Labute approximate surface area is 183 Å². The molecule has 156 valence electrons. The number of anilines is 2. The predicted molar refractivity (Wildman–Crippen MR) is 120 cm³/mol. The van der Waals surface area contributed by atoms with Gasteiger partial charge in [0.15, 0.2) is 11.5 Å². The highest BCUT2D eigenvalue weighted by Gasteiger charge is 2.30. The zero-order valence-corrected chi connectivity index (χ0v) is 18.7. The molecule has 3 rings (SSSR count). The van der Waals surface area contributed by atoms with Gasteiger partial charge in [0.1, 0.15) is 29.0 Å². The van der Waals surface area contributed by atoms with E-state index in [9.17, 15) is 10.5 Å². The van der Waals surface area contributed by atoms with Crippen molar-refractivity contribution in [2.24, 2.45) is 11.8 Å². The molecule has 0 amide bonds. The normalized spacial score (nSPS) is 11.9. The van der Waals surface area contributed by atoms with Gasteiger partial charge in [0, 0.05) is 4.90 Å². The number of rotatable bonds is 8. The Balaban J connectivity index is 2.12. The first-order valence-corrected chi connectivity index (χ1v) is 11.1. The van der Waals surface area contributed by atoms with Gasteiger partial charge < -0.3 is 14.8 Å². The van der Waals surface area contributed by atoms with Crippen molar-refractivity contribution in [2.45, 2.75) is 50.3 Å². The Hall–Kier alpha value is -2.83. The first-order chi connectivity index (χ1) is 14.5. The van der Waals surface area contributed by atoms with E-state index in [1.165, 1.54) is 0 Å². The molecule has 1 aliphatic heterocycles. The van der Waals surface area contributed by atoms with Crippen molar-refractivity contribution in [3.8, 4) is 23.6 Å². The van der Waals surface area contributed by atoms with E-state index in [2.05, 4.69) is 45.2 Å². The van der Waals surface area contributed by atoms with Crippen molar-refractivity contribution in [1.29, 1.82) is 10.5 Å². The van der Waals surface area contributed by atoms with E-state index >= 15 is 0 Å². The minimum absolute atomic E-state index is 0.229. The number of para-hydroxylation sites is 1. The Kier molecular flexibility index (Phi) is 7.13. The Morgan fingerprint density at radius 2 is 1.47 bits per heavy atom. The molecule has 30 heavy (non-hydrogen) atoms. The predicted octanol–water partition coefficient (Wildman–Crippen LogP) is 6.49. The maximum absolute atomic E-state index is 9.91. The van der Waals surface area contributed by atoms with Crippen LogP contribution in [0.5, 0.6) is 11.5 Å². The van der Waals surface area contributed by atoms with Crippen molar-refractivity contribution in [3.63, 3.8) is 0 Å². The lowest BCUT2D eigenvalue weighted by molar-refractivity contribution is 0.276. The highest BCUT2D eigenvalue weighted by Crippen LogP contribution is 2.54. The largest absolute Gasteiger partial charge is 0.491 e. The lowest BCUT2D eigenvalue weighted by Gasteiger charge is -2.27. The number of hydrogen-bond acceptors (Lipinski definition) is 6. The molecular formula is C24H27N3O2S. The summed E-state index contributed by atoms with van der Waals surface area (Å²) in [5.41, 5.74) is 2.13. The second kappa shape index (κ2) is 9.78. The Morgan fingerprint density at radius 1 is 0.900 bits per heavy atom. The molecule has 0 saturated heterocycles. The molecule has 1 N–H and O–H groups in total. The van der Waals surface area contributed by atoms with Crippen LogP contribution in [0.3, 0.4) is 0 Å². The summed E-state index contributed by atoms with van der Waals surface area (Å²) in [7, 11) is 0. The highest BCUT2D eigenvalue weighted by molar-refractivity contribution is 7.99. The number of fused-ring (bicyclic) bond motifs is 2. The molecule has 2 aromatic carbocycles. The number of ether oxygens (including phenoxy) is 2. The smallest absolute Gasteiger partial charge is 0.163 e. The van der Waals surface area contributed by atoms with Crippen LogP contribution in [0.25, 0.3) is 0 Å². The van der Waals surface area contributed by atoms with E-state index in [0.717, 1.165) is 28.3 Å². The van der Waals surface area contributed by atoms with Gasteiger partial charge in [0.05, 0.1) is 23.8 Å². The number of nitriles is 2. The minimum Gasteiger partial charge on any atom is -0.491 e. The standard InChI is InChI=1S/C24H27N3O2S/c1-15(2)9-11-28-22-17(13-25)18(14-26)23(29-12-10-16(3)4)24-21(22)27-19-7-5-6-8-20(19)30-24/h5-8,15-16,27H,9-12H2,1-4H3. The van der Waals surface area contributed by atoms with Crippen LogP contribution in [-0.4, -0.2) is 13.2 Å². The lowest BCUT2D eigenvalue weighted by Crippen LogP contribution is -2.12. The zero-order valence-electron chi connectivity index (χ0n) is 17.9. The second-order valence-electron chi connectivity index (χ2n) is 8.12. The fraction of sp³-hybridized carbons (Fsp3) is 0.417. The van der Waals surface area contributed by atoms with E-state index in [1.54, 1.807) is 11.8 Å². The average Bonchev–Trinajstić information content (AvgIpc) is 2.72. The van der Waals surface area contributed by atoms with E-state index in [-0.39, 0.29) is 11.1 Å². The first-order valence-electron chi connectivity index (χ1n) is 10.3. The molecule has 1 heterocycles. The van der Waals surface area contributed by atoms with E-state index in [4.69, 9.17) is 9.47 Å². The van der Waals surface area contributed by atoms with Crippen LogP contribution in [0, 0.1) is 34.5 Å². The topological polar surface area (TPSA) is 78.1 Å². The van der Waals surface area contributed by atoms with E-state index < -0.39 is 0 Å². The molecule has 1 aliphatic rings. The highest BCUT2D eigenvalue weighted by atomic mass is 32.2. The third-order valence-electron chi connectivity index (χ3n) is 4.83. The summed E-state index contributed by atoms with van der Waals surface area (Å²) in [5.74, 6) is 1.85. The van der Waals surface area contributed by atoms with Gasteiger partial charge in [-0.05, 0) is 36.8 Å². The summed E-state index contributed by atoms with van der Waals surface area (Å²) in [4.78, 5) is 1.84. The molecule has 0 spiro atoms. The zero-order chi connectivity index (χ0) is 21.7. The summed E-state index contributed by atoms with van der Waals surface area (Å²) >= 11 is 1.54. The minimum atomic E-state index is 0.229. The van der Waals surface area contributed by atoms with Crippen LogP contribution in [-0.2, 0) is 0 Å². The summed E-state index contributed by atoms with van der Waals surface area (Å²) in [6, 6.07) is 12.3. The maximum atomic E-state index is 9.91. The third-order valence-corrected chi connectivity index (χ3v) is 6.00. The van der Waals surface area contributed by atoms with Gasteiger partial charge in [0.2, 0.25) is 0 Å². The van der Waals surface area contributed by atoms with Crippen LogP contribution < -0.4 is 14.8 Å². The van der Waals surface area contributed by atoms with Crippen LogP contribution in [0.4, 0.5) is 11.4 Å². The molecule has 5 nitrogen and oxygen atoms in total. The lowest BCUT2D eigenvalue weighted by atomic mass is 10.0. The first kappa shape index (κ1) is 21.9. The van der Waals surface area contributed by atoms with Crippen LogP contribution in [0.15, 0.2) is 34.1 Å². The van der Waals surface area contributed by atoms with Gasteiger partial charge >= 0.3 is 0 Å². The van der Waals surface area contributed by atoms with Crippen LogP contribution in [0.1, 0.15) is 51.7 Å². The number of nitrogens with zero attached hydrogens (tertiary/aromatic N) is 2. The monoisotopic (exact) mass is 421 g/mol. The number of benzene rings is 2. The molecule has 0 atom stereocenters. The molecule has 0 bridgehead atoms. The fourth-order valence-corrected chi connectivity index (χ4v) is 4.18. The molecule has 0 saturated carbocycles. The number of hydrogen-bond donors (Lipinski definition) is 1. The van der Waals surface area contributed by atoms with Gasteiger partial charge in [-0.25, -0.2) is 0 Å².